The summed E-state index contributed by atoms with van der Waals surface area (Å²) in [5, 5.41) is 1.54. The van der Waals surface area contributed by atoms with Gasteiger partial charge in [-0.05, 0) is 35.8 Å². The van der Waals surface area contributed by atoms with Crippen molar-refractivity contribution in [2.45, 2.75) is 23.8 Å². The molecule has 16 heavy (non-hydrogen) atoms. The van der Waals surface area contributed by atoms with Gasteiger partial charge in [-0.15, -0.1) is 0 Å². The van der Waals surface area contributed by atoms with E-state index in [4.69, 9.17) is 0 Å². The maximum Gasteiger partial charge on any atom is 0.0663 e. The normalized spacial score (nSPS) is 17.9. The molecule has 0 saturated carbocycles. The second kappa shape index (κ2) is 3.42. The van der Waals surface area contributed by atoms with Crippen LogP contribution in [0.1, 0.15) is 13.8 Å². The van der Waals surface area contributed by atoms with Gasteiger partial charge in [0.1, 0.15) is 0 Å². The van der Waals surface area contributed by atoms with Crippen LogP contribution in [0.15, 0.2) is 52.5 Å². The summed E-state index contributed by atoms with van der Waals surface area (Å²) in [5.74, 6) is 2.51. The average Bonchev–Trinajstić information content (AvgIpc) is 2.89. The van der Waals surface area contributed by atoms with E-state index in [1.807, 2.05) is 0 Å². The lowest BCUT2D eigenvalue weighted by molar-refractivity contribution is 0.959. The molecule has 1 aromatic heterocycles. The smallest absolute Gasteiger partial charge is 0.0663 e. The number of hydrogen-bond donors (Lipinski definition) is 0. The maximum atomic E-state index is 2.39. The van der Waals surface area contributed by atoms with Gasteiger partial charge in [0, 0.05) is 11.1 Å². The molecule has 3 rings (SSSR count). The van der Waals surface area contributed by atoms with Crippen LogP contribution in [0.5, 0.6) is 0 Å². The van der Waals surface area contributed by atoms with Crippen LogP contribution < -0.4 is 0 Å². The summed E-state index contributed by atoms with van der Waals surface area (Å²) in [7, 11) is -0.749. The van der Waals surface area contributed by atoms with Gasteiger partial charge in [-0.1, -0.05) is 26.0 Å². The van der Waals surface area contributed by atoms with Gasteiger partial charge in [-0.2, -0.15) is 10.0 Å². The topological polar surface area (TPSA) is 4.93 Å². The van der Waals surface area contributed by atoms with Crippen molar-refractivity contribution in [2.24, 2.45) is 0 Å². The molecule has 2 aromatic rings. The summed E-state index contributed by atoms with van der Waals surface area (Å²) >= 11 is 0. The Hall–Kier alpha value is -1.15. The zero-order chi connectivity index (χ0) is 11.2. The third-order valence-electron chi connectivity index (χ3n) is 3.64. The quantitative estimate of drug-likeness (QED) is 0.734. The molecule has 2 heteroatoms. The first-order valence-electron chi connectivity index (χ1n) is 5.89. The van der Waals surface area contributed by atoms with E-state index in [1.165, 1.54) is 17.2 Å². The van der Waals surface area contributed by atoms with E-state index in [0.717, 1.165) is 0 Å². The number of aromatic nitrogens is 1. The molecule has 0 fully saturated rings. The molecule has 0 N–H and O–H groups in total. The number of nitrogens with zero attached hydrogens (tertiary/aromatic N) is 1. The molecule has 0 bridgehead atoms. The lowest BCUT2D eigenvalue weighted by atomic mass is 10.3. The Bertz CT molecular complexity index is 523. The fourth-order valence-electron chi connectivity index (χ4n) is 2.79. The van der Waals surface area contributed by atoms with Gasteiger partial charge in [0.25, 0.3) is 0 Å². The summed E-state index contributed by atoms with van der Waals surface area (Å²) in [6, 6.07) is 13.4. The first kappa shape index (κ1) is 10.0. The molecular weight excluding hydrogens is 214 g/mol. The second-order valence-corrected chi connectivity index (χ2v) is 7.92. The van der Waals surface area contributed by atoms with Crippen molar-refractivity contribution < 1.29 is 0 Å². The Kier molecular flexibility index (Phi) is 2.15. The van der Waals surface area contributed by atoms with Crippen LogP contribution in [0.2, 0.25) is 0 Å². The number of hydrogen-bond acceptors (Lipinski definition) is 0. The highest BCUT2D eigenvalue weighted by atomic mass is 32.3. The molecule has 0 radical (unpaired) electrons. The highest BCUT2D eigenvalue weighted by Gasteiger charge is 2.35. The Morgan fingerprint density at radius 1 is 1.00 bits per heavy atom. The van der Waals surface area contributed by atoms with Crippen molar-refractivity contribution in [1.82, 2.24) is 4.57 Å². The Morgan fingerprint density at radius 2 is 1.75 bits per heavy atom. The minimum absolute atomic E-state index is 0.749. The molecule has 0 aliphatic carbocycles. The predicted molar refractivity (Wildman–Crippen MR) is 71.0 cm³/mol. The Morgan fingerprint density at radius 3 is 2.50 bits per heavy atom. The monoisotopic (exact) mass is 231 g/mol. The van der Waals surface area contributed by atoms with Gasteiger partial charge < -0.3 is 4.57 Å². The van der Waals surface area contributed by atoms with Crippen LogP contribution in [0.3, 0.4) is 0 Å². The van der Waals surface area contributed by atoms with E-state index in [-0.39, 0.29) is 0 Å². The van der Waals surface area contributed by atoms with E-state index in [1.54, 1.807) is 9.92 Å². The van der Waals surface area contributed by atoms with E-state index in [0.29, 0.717) is 0 Å². The zero-order valence-electron chi connectivity index (χ0n) is 9.81. The van der Waals surface area contributed by atoms with Crippen molar-refractivity contribution in [3.63, 3.8) is 0 Å². The molecule has 1 aliphatic rings. The minimum atomic E-state index is -0.749. The van der Waals surface area contributed by atoms with E-state index in [2.05, 4.69) is 61.0 Å². The lowest BCUT2D eigenvalue weighted by Crippen LogP contribution is -2.04. The number of fused-ring (bicyclic) bond motifs is 3. The van der Waals surface area contributed by atoms with Gasteiger partial charge in [0.05, 0.1) is 10.7 Å². The van der Waals surface area contributed by atoms with Gasteiger partial charge >= 0.3 is 0 Å². The highest BCUT2D eigenvalue weighted by molar-refractivity contribution is 8.34. The standard InChI is InChI=1S/C14H17NS/c1-3-16(4-2)13-9-6-5-8-12(13)15-11-7-10-14(15)16/h5-11H,3-4H2,1-2H3. The van der Waals surface area contributed by atoms with E-state index in [9.17, 15) is 0 Å². The van der Waals surface area contributed by atoms with Crippen molar-refractivity contribution in [3.8, 4) is 5.69 Å². The van der Waals surface area contributed by atoms with Gasteiger partial charge in [0.15, 0.2) is 0 Å². The molecule has 1 aromatic carbocycles. The Labute approximate surface area is 98.4 Å². The SMILES string of the molecule is CCS1(CC)c2ccccc2-n2cccc21. The molecule has 1 nitrogen and oxygen atoms in total. The lowest BCUT2D eigenvalue weighted by Gasteiger charge is -2.34. The maximum absolute atomic E-state index is 2.39. The molecule has 0 amide bonds. The molecule has 0 unspecified atom stereocenters. The summed E-state index contributed by atoms with van der Waals surface area (Å²) in [4.78, 5) is 1.58. The minimum Gasteiger partial charge on any atom is -0.312 e. The average molecular weight is 231 g/mol. The van der Waals surface area contributed by atoms with Crippen LogP contribution in [-0.2, 0) is 0 Å². The first-order chi connectivity index (χ1) is 7.83. The van der Waals surface area contributed by atoms with Gasteiger partial charge in [-0.3, -0.25) is 0 Å². The van der Waals surface area contributed by atoms with Crippen molar-refractivity contribution in [1.29, 1.82) is 0 Å². The summed E-state index contributed by atoms with van der Waals surface area (Å²) in [5.41, 5.74) is 1.40. The molecule has 0 atom stereocenters. The van der Waals surface area contributed by atoms with Crippen LogP contribution in [0.25, 0.3) is 5.69 Å². The molecule has 0 saturated heterocycles. The van der Waals surface area contributed by atoms with E-state index < -0.39 is 10.0 Å². The van der Waals surface area contributed by atoms with Crippen molar-refractivity contribution >= 4 is 10.0 Å². The Balaban J connectivity index is 2.36. The van der Waals surface area contributed by atoms with Crippen molar-refractivity contribution in [3.05, 3.63) is 42.6 Å². The highest BCUT2D eigenvalue weighted by Crippen LogP contribution is 2.67. The van der Waals surface area contributed by atoms with Gasteiger partial charge in [0.2, 0.25) is 0 Å². The summed E-state index contributed by atoms with van der Waals surface area (Å²) in [6.07, 6.45) is 2.20. The summed E-state index contributed by atoms with van der Waals surface area (Å²) < 4.78 is 2.39. The third-order valence-corrected chi connectivity index (χ3v) is 7.93. The van der Waals surface area contributed by atoms with Crippen LogP contribution in [-0.4, -0.2) is 16.1 Å². The molecule has 0 spiro atoms. The molecule has 1 aliphatic heterocycles. The van der Waals surface area contributed by atoms with Gasteiger partial charge in [-0.25, -0.2) is 0 Å². The largest absolute Gasteiger partial charge is 0.312 e. The van der Waals surface area contributed by atoms with E-state index >= 15 is 0 Å². The number of rotatable bonds is 2. The fourth-order valence-corrected chi connectivity index (χ4v) is 6.42. The molecule has 84 valence electrons. The molecular formula is C14H17NS. The van der Waals surface area contributed by atoms with Crippen LogP contribution in [0, 0.1) is 0 Å². The van der Waals surface area contributed by atoms with Crippen LogP contribution >= 0.6 is 10.0 Å². The third kappa shape index (κ3) is 1.03. The fraction of sp³-hybridized carbons (Fsp3) is 0.286. The van der Waals surface area contributed by atoms with Crippen LogP contribution in [0.4, 0.5) is 0 Å². The summed E-state index contributed by atoms with van der Waals surface area (Å²) in [6.45, 7) is 4.66. The predicted octanol–water partition coefficient (Wildman–Crippen LogP) is 4.05. The van der Waals surface area contributed by atoms with Crippen molar-refractivity contribution in [2.75, 3.05) is 11.5 Å². The second-order valence-electron chi connectivity index (χ2n) is 4.15. The molecule has 2 heterocycles. The number of benzene rings is 1. The first-order valence-corrected chi connectivity index (χ1v) is 7.86. The zero-order valence-corrected chi connectivity index (χ0v) is 10.6. The number of para-hydroxylation sites is 1.